The number of aromatic nitrogens is 3. The van der Waals surface area contributed by atoms with Gasteiger partial charge in [0.05, 0.1) is 60.6 Å². The SMILES string of the molecule is CO[C@@H](C)c1c(Nc2ccc([C@H](N(C)C(=O)C3COC3)C(C)(C)C)cc2)cnn2cc(C)nc12. The lowest BCUT2D eigenvalue weighted by Crippen LogP contribution is -2.47. The fourth-order valence-corrected chi connectivity index (χ4v) is 4.69. The number of hydrogen-bond acceptors (Lipinski definition) is 6. The molecule has 1 aromatic carbocycles. The Morgan fingerprint density at radius 3 is 2.50 bits per heavy atom. The lowest BCUT2D eigenvalue weighted by Gasteiger charge is -2.41. The number of amides is 1. The van der Waals surface area contributed by atoms with Gasteiger partial charge in [0.15, 0.2) is 5.65 Å². The van der Waals surface area contributed by atoms with E-state index < -0.39 is 0 Å². The van der Waals surface area contributed by atoms with Crippen LogP contribution in [-0.2, 0) is 14.3 Å². The summed E-state index contributed by atoms with van der Waals surface area (Å²) in [7, 11) is 3.59. The van der Waals surface area contributed by atoms with Crippen LogP contribution in [0.2, 0.25) is 0 Å². The third-order valence-electron chi connectivity index (χ3n) is 6.46. The van der Waals surface area contributed by atoms with Gasteiger partial charge in [0.1, 0.15) is 0 Å². The molecule has 0 saturated carbocycles. The highest BCUT2D eigenvalue weighted by Gasteiger charge is 2.37. The van der Waals surface area contributed by atoms with Gasteiger partial charge in [-0.2, -0.15) is 5.10 Å². The van der Waals surface area contributed by atoms with Gasteiger partial charge in [-0.15, -0.1) is 0 Å². The first-order valence-electron chi connectivity index (χ1n) is 11.7. The predicted molar refractivity (Wildman–Crippen MR) is 132 cm³/mol. The number of carbonyl (C=O) groups is 1. The molecule has 2 atom stereocenters. The minimum Gasteiger partial charge on any atom is -0.380 e. The number of benzene rings is 1. The highest BCUT2D eigenvalue weighted by Crippen LogP contribution is 2.39. The molecule has 0 aliphatic carbocycles. The fraction of sp³-hybridized carbons (Fsp3) is 0.500. The van der Waals surface area contributed by atoms with Crippen molar-refractivity contribution in [3.05, 3.63) is 53.5 Å². The molecule has 1 aliphatic rings. The van der Waals surface area contributed by atoms with Crippen molar-refractivity contribution >= 4 is 22.9 Å². The van der Waals surface area contributed by atoms with Gasteiger partial charge in [-0.1, -0.05) is 32.9 Å². The standard InChI is InChI=1S/C26H35N5O3/c1-16-13-31-24(28-16)22(17(2)33-7)21(12-27-31)29-20-10-8-18(9-11-20)23(26(3,4)5)30(6)25(32)19-14-34-15-19/h8-13,17,19,23,29H,14-15H2,1-7H3/t17-,23-/m0/s1. The van der Waals surface area contributed by atoms with Gasteiger partial charge in [-0.3, -0.25) is 4.79 Å². The van der Waals surface area contributed by atoms with Gasteiger partial charge < -0.3 is 19.7 Å². The van der Waals surface area contributed by atoms with Crippen LogP contribution in [0.1, 0.15) is 56.7 Å². The summed E-state index contributed by atoms with van der Waals surface area (Å²) in [4.78, 5) is 19.5. The number of rotatable bonds is 7. The maximum Gasteiger partial charge on any atom is 0.230 e. The first-order chi connectivity index (χ1) is 16.1. The molecule has 1 saturated heterocycles. The molecule has 0 unspecified atom stereocenters. The largest absolute Gasteiger partial charge is 0.380 e. The number of anilines is 2. The van der Waals surface area contributed by atoms with E-state index in [2.05, 4.69) is 48.3 Å². The van der Waals surface area contributed by atoms with Crippen LogP contribution in [0, 0.1) is 18.3 Å². The van der Waals surface area contributed by atoms with Crippen LogP contribution in [0.15, 0.2) is 36.7 Å². The van der Waals surface area contributed by atoms with Crippen molar-refractivity contribution in [1.29, 1.82) is 0 Å². The molecule has 0 radical (unpaired) electrons. The Kier molecular flexibility index (Phi) is 6.64. The highest BCUT2D eigenvalue weighted by molar-refractivity contribution is 5.80. The number of fused-ring (bicyclic) bond motifs is 1. The topological polar surface area (TPSA) is 81.0 Å². The second-order valence-electron chi connectivity index (χ2n) is 10.2. The summed E-state index contributed by atoms with van der Waals surface area (Å²) in [5.74, 6) is 0.103. The maximum atomic E-state index is 12.9. The summed E-state index contributed by atoms with van der Waals surface area (Å²) in [5, 5.41) is 8.00. The third kappa shape index (κ3) is 4.65. The quantitative estimate of drug-likeness (QED) is 0.546. The minimum absolute atomic E-state index is 0.0364. The zero-order valence-corrected chi connectivity index (χ0v) is 21.1. The van der Waals surface area contributed by atoms with Crippen LogP contribution in [0.5, 0.6) is 0 Å². The molecule has 0 spiro atoms. The van der Waals surface area contributed by atoms with Crippen molar-refractivity contribution in [1.82, 2.24) is 19.5 Å². The Labute approximate surface area is 201 Å². The number of nitrogens with zero attached hydrogens (tertiary/aromatic N) is 4. The smallest absolute Gasteiger partial charge is 0.230 e. The molecule has 34 heavy (non-hydrogen) atoms. The number of imidazole rings is 1. The summed E-state index contributed by atoms with van der Waals surface area (Å²) in [6.45, 7) is 11.5. The van der Waals surface area contributed by atoms with Crippen LogP contribution in [0.25, 0.3) is 5.65 Å². The van der Waals surface area contributed by atoms with Gasteiger partial charge in [-0.05, 0) is 37.0 Å². The first-order valence-corrected chi connectivity index (χ1v) is 11.7. The molecule has 1 aliphatic heterocycles. The Bertz CT molecular complexity index is 1160. The zero-order chi connectivity index (χ0) is 24.6. The molecule has 8 heteroatoms. The fourth-order valence-electron chi connectivity index (χ4n) is 4.69. The van der Waals surface area contributed by atoms with Gasteiger partial charge >= 0.3 is 0 Å². The van der Waals surface area contributed by atoms with Crippen LogP contribution >= 0.6 is 0 Å². The summed E-state index contributed by atoms with van der Waals surface area (Å²) in [6, 6.07) is 8.21. The van der Waals surface area contributed by atoms with Gasteiger partial charge in [-0.25, -0.2) is 9.50 Å². The van der Waals surface area contributed by atoms with Crippen molar-refractivity contribution in [3.8, 4) is 0 Å². The summed E-state index contributed by atoms with van der Waals surface area (Å²) in [5.41, 5.74) is 5.38. The van der Waals surface area contributed by atoms with E-state index in [9.17, 15) is 4.79 Å². The molecule has 0 bridgehead atoms. The second kappa shape index (κ2) is 9.35. The Balaban J connectivity index is 1.62. The average Bonchev–Trinajstić information content (AvgIpc) is 3.12. The Morgan fingerprint density at radius 1 is 1.26 bits per heavy atom. The van der Waals surface area contributed by atoms with Crippen LogP contribution in [0.3, 0.4) is 0 Å². The molecule has 4 rings (SSSR count). The van der Waals surface area contributed by atoms with Crippen molar-refractivity contribution in [2.75, 3.05) is 32.7 Å². The first kappa shape index (κ1) is 24.2. The van der Waals surface area contributed by atoms with E-state index in [1.807, 2.05) is 44.1 Å². The molecular formula is C26H35N5O3. The van der Waals surface area contributed by atoms with E-state index in [-0.39, 0.29) is 29.4 Å². The Hall–Kier alpha value is -2.97. The van der Waals surface area contributed by atoms with Crippen molar-refractivity contribution < 1.29 is 14.3 Å². The number of hydrogen-bond donors (Lipinski definition) is 1. The summed E-state index contributed by atoms with van der Waals surface area (Å²) >= 11 is 0. The van der Waals surface area contributed by atoms with Gasteiger partial charge in [0.2, 0.25) is 5.91 Å². The van der Waals surface area contributed by atoms with E-state index >= 15 is 0 Å². The van der Waals surface area contributed by atoms with Crippen LogP contribution in [-0.4, -0.2) is 52.8 Å². The highest BCUT2D eigenvalue weighted by atomic mass is 16.5. The molecule has 182 valence electrons. The van der Waals surface area contributed by atoms with E-state index in [4.69, 9.17) is 9.47 Å². The maximum absolute atomic E-state index is 12.9. The minimum atomic E-state index is -0.158. The molecule has 1 N–H and O–H groups in total. The summed E-state index contributed by atoms with van der Waals surface area (Å²) < 4.78 is 12.7. The Morgan fingerprint density at radius 2 is 1.94 bits per heavy atom. The molecule has 3 heterocycles. The molecule has 1 fully saturated rings. The normalized spacial score (nSPS) is 16.2. The van der Waals surface area contributed by atoms with Gasteiger partial charge in [0.25, 0.3) is 0 Å². The zero-order valence-electron chi connectivity index (χ0n) is 21.1. The number of methoxy groups -OCH3 is 1. The lowest BCUT2D eigenvalue weighted by molar-refractivity contribution is -0.153. The van der Waals surface area contributed by atoms with Gasteiger partial charge in [0, 0.05) is 19.8 Å². The average molecular weight is 466 g/mol. The number of ether oxygens (including phenoxy) is 2. The second-order valence-corrected chi connectivity index (χ2v) is 10.2. The molecule has 1 amide bonds. The molecule has 3 aromatic rings. The molecular weight excluding hydrogens is 430 g/mol. The number of aryl methyl sites for hydroxylation is 1. The van der Waals surface area contributed by atoms with Crippen molar-refractivity contribution in [2.45, 2.75) is 46.8 Å². The number of nitrogens with one attached hydrogen (secondary N) is 1. The van der Waals surface area contributed by atoms with Crippen LogP contribution in [0.4, 0.5) is 11.4 Å². The van der Waals surface area contributed by atoms with Crippen molar-refractivity contribution in [2.24, 2.45) is 11.3 Å². The van der Waals surface area contributed by atoms with E-state index in [1.54, 1.807) is 17.8 Å². The van der Waals surface area contributed by atoms with E-state index in [0.29, 0.717) is 13.2 Å². The van der Waals surface area contributed by atoms with E-state index in [1.165, 1.54) is 0 Å². The number of carbonyl (C=O) groups excluding carboxylic acids is 1. The third-order valence-corrected chi connectivity index (χ3v) is 6.46. The molecule has 8 nitrogen and oxygen atoms in total. The summed E-state index contributed by atoms with van der Waals surface area (Å²) in [6.07, 6.45) is 3.55. The monoisotopic (exact) mass is 465 g/mol. The molecule has 2 aromatic heterocycles. The van der Waals surface area contributed by atoms with E-state index in [0.717, 1.165) is 33.8 Å². The predicted octanol–water partition coefficient (Wildman–Crippen LogP) is 4.68. The lowest BCUT2D eigenvalue weighted by atomic mass is 9.81. The van der Waals surface area contributed by atoms with Crippen LogP contribution < -0.4 is 5.32 Å². The van der Waals surface area contributed by atoms with Crippen molar-refractivity contribution in [3.63, 3.8) is 0 Å².